The Morgan fingerprint density at radius 2 is 1.07 bits per heavy atom. The first-order valence-electron chi connectivity index (χ1n) is 17.9. The summed E-state index contributed by atoms with van der Waals surface area (Å²) in [6, 6.07) is 32.4. The summed E-state index contributed by atoms with van der Waals surface area (Å²) in [5.74, 6) is -0.230. The highest BCUT2D eigenvalue weighted by Gasteiger charge is 2.18. The van der Waals surface area contributed by atoms with Gasteiger partial charge in [0.2, 0.25) is 0 Å². The number of fused-ring (bicyclic) bond motifs is 3. The van der Waals surface area contributed by atoms with E-state index < -0.39 is 10.1 Å². The molecule has 296 valence electrons. The van der Waals surface area contributed by atoms with Crippen molar-refractivity contribution in [1.29, 1.82) is 0 Å². The van der Waals surface area contributed by atoms with Gasteiger partial charge in [0.05, 0.1) is 45.6 Å². The summed E-state index contributed by atoms with van der Waals surface area (Å²) in [7, 11) is -3.67. The van der Waals surface area contributed by atoms with Crippen LogP contribution in [-0.2, 0) is 19.5 Å². The van der Waals surface area contributed by atoms with Crippen molar-refractivity contribution < 1.29 is 32.7 Å². The van der Waals surface area contributed by atoms with Crippen LogP contribution in [-0.4, -0.2) is 29.6 Å². The van der Waals surface area contributed by atoms with Crippen LogP contribution in [0, 0.1) is 0 Å². The monoisotopic (exact) mass is 791 g/mol. The van der Waals surface area contributed by atoms with Crippen LogP contribution < -0.4 is 5.73 Å². The van der Waals surface area contributed by atoms with Crippen molar-refractivity contribution in [3.8, 4) is 5.75 Å². The molecule has 55 heavy (non-hydrogen) atoms. The zero-order valence-corrected chi connectivity index (χ0v) is 34.5. The number of benzene rings is 6. The number of nitrogens with two attached hydrogens (primary N) is 1. The van der Waals surface area contributed by atoms with Gasteiger partial charge >= 0.3 is 0 Å². The van der Waals surface area contributed by atoms with E-state index in [1.807, 2.05) is 113 Å². The van der Waals surface area contributed by atoms with Crippen molar-refractivity contribution in [3.63, 3.8) is 0 Å². The zero-order chi connectivity index (χ0) is 41.4. The van der Waals surface area contributed by atoms with Crippen LogP contribution in [0.4, 0.5) is 28.4 Å². The van der Waals surface area contributed by atoms with E-state index in [2.05, 4.69) is 57.5 Å². The number of phenols is 1. The molecule has 0 saturated carbocycles. The van der Waals surface area contributed by atoms with Gasteiger partial charge in [-0.1, -0.05) is 140 Å². The Hall–Kier alpha value is -4.96. The highest BCUT2D eigenvalue weighted by molar-refractivity contribution is 7.94. The van der Waals surface area contributed by atoms with Crippen molar-refractivity contribution in [2.24, 2.45) is 20.5 Å². The molecule has 0 atom stereocenters. The van der Waals surface area contributed by atoms with Gasteiger partial charge in [0.1, 0.15) is 11.4 Å². The Bertz CT molecular complexity index is 2220. The van der Waals surface area contributed by atoms with Crippen LogP contribution >= 0.6 is 12.0 Å². The summed E-state index contributed by atoms with van der Waals surface area (Å²) in [5, 5.41) is 46.3. The third-order valence-corrected chi connectivity index (χ3v) is 7.01. The average molecular weight is 792 g/mol. The van der Waals surface area contributed by atoms with E-state index in [0.29, 0.717) is 51.0 Å². The highest BCUT2D eigenvalue weighted by atomic mass is 32.2. The maximum Gasteiger partial charge on any atom is 0.261 e. The van der Waals surface area contributed by atoms with Gasteiger partial charge in [-0.25, -0.2) is 5.26 Å². The molecular formula is C41H53N5O7S2. The minimum atomic E-state index is -3.67. The summed E-state index contributed by atoms with van der Waals surface area (Å²) in [6.45, 7) is 16.5. The fourth-order valence-corrected chi connectivity index (χ4v) is 4.95. The van der Waals surface area contributed by atoms with Crippen LogP contribution in [0.3, 0.4) is 0 Å². The van der Waals surface area contributed by atoms with Gasteiger partial charge in [0.25, 0.3) is 10.1 Å². The molecular weight excluding hydrogens is 739 g/mol. The van der Waals surface area contributed by atoms with Crippen LogP contribution in [0.25, 0.3) is 32.3 Å². The Morgan fingerprint density at radius 3 is 1.53 bits per heavy atom. The third kappa shape index (κ3) is 16.1. The molecule has 0 aromatic heterocycles. The summed E-state index contributed by atoms with van der Waals surface area (Å²) in [6.07, 6.45) is 3.22. The van der Waals surface area contributed by atoms with Crippen molar-refractivity contribution in [2.45, 2.75) is 73.1 Å². The number of phenolic OH excluding ortho intramolecular Hbond substituents is 1. The number of hydrogen-bond donors (Lipinski definition) is 4. The summed E-state index contributed by atoms with van der Waals surface area (Å²) in [5.41, 5.74) is 8.40. The molecule has 6 aromatic carbocycles. The average Bonchev–Trinajstić information content (AvgIpc) is 3.18. The molecule has 0 aliphatic carbocycles. The molecule has 6 rings (SSSR count). The van der Waals surface area contributed by atoms with Crippen molar-refractivity contribution >= 4 is 82.9 Å². The first-order valence-corrected chi connectivity index (χ1v) is 20.5. The first kappa shape index (κ1) is 48.1. The van der Waals surface area contributed by atoms with E-state index in [4.69, 9.17) is 15.5 Å². The molecule has 0 unspecified atom stereocenters. The van der Waals surface area contributed by atoms with E-state index in [9.17, 15) is 13.5 Å². The number of hydrogen-bond acceptors (Lipinski definition) is 12. The largest absolute Gasteiger partial charge is 0.505 e. The Balaban J connectivity index is 0.000000879. The van der Waals surface area contributed by atoms with Crippen LogP contribution in [0.2, 0.25) is 0 Å². The SMILES string of the molecule is CC.CC.CCC.CCC.CS(=O)(=O)O.Nc1c(N=Nc2ccc3ccccc3c2)ccc2cc(SOOO)c(N=Nc3ccc4ccccc4c3)c(O)c12. The number of nitrogen functional groups attached to an aromatic ring is 1. The molecule has 0 spiro atoms. The normalized spacial score (nSPS) is 10.6. The standard InChI is InChI=1S/C30H21N5O4S.2C3H8.2C2H6.CH4O3S/c31-28-25(34-32-23-12-9-18-5-1-3-7-20(18)15-23)14-11-22-17-26(40-39-38-37)29(30(36)27(22)28)35-33-24-13-10-19-6-2-4-8-21(19)16-24;2*1-3-2;2*1-2;1-5(2,3)4/h1-17,36-37H,31H2;2*3H2,1-2H3;2*1-2H3;1H3,(H,2,3,4). The van der Waals surface area contributed by atoms with Crippen LogP contribution in [0.5, 0.6) is 5.75 Å². The molecule has 0 heterocycles. The van der Waals surface area contributed by atoms with Gasteiger partial charge in [-0.05, 0) is 63.3 Å². The van der Waals surface area contributed by atoms with Crippen LogP contribution in [0.15, 0.2) is 128 Å². The number of anilines is 1. The fourth-order valence-electron chi connectivity index (χ4n) is 4.45. The topological polar surface area (TPSA) is 189 Å². The smallest absolute Gasteiger partial charge is 0.261 e. The van der Waals surface area contributed by atoms with Crippen molar-refractivity contribution in [1.82, 2.24) is 0 Å². The first-order chi connectivity index (χ1) is 26.4. The molecule has 0 amide bonds. The third-order valence-electron chi connectivity index (χ3n) is 6.39. The van der Waals surface area contributed by atoms with E-state index in [0.717, 1.165) is 21.5 Å². The molecule has 6 aromatic rings. The number of rotatable bonds is 7. The molecule has 0 radical (unpaired) electrons. The van der Waals surface area contributed by atoms with Gasteiger partial charge < -0.3 is 10.8 Å². The van der Waals surface area contributed by atoms with E-state index in [-0.39, 0.29) is 17.1 Å². The minimum absolute atomic E-state index is 0.0815. The predicted octanol–water partition coefficient (Wildman–Crippen LogP) is 14.1. The summed E-state index contributed by atoms with van der Waals surface area (Å²) >= 11 is 0.663. The molecule has 0 saturated heterocycles. The maximum absolute atomic E-state index is 11.3. The minimum Gasteiger partial charge on any atom is -0.505 e. The summed E-state index contributed by atoms with van der Waals surface area (Å²) < 4.78 is 30.5. The lowest BCUT2D eigenvalue weighted by atomic mass is 10.1. The van der Waals surface area contributed by atoms with Crippen molar-refractivity contribution in [3.05, 3.63) is 103 Å². The molecule has 12 nitrogen and oxygen atoms in total. The zero-order valence-electron chi connectivity index (χ0n) is 32.9. The molecule has 0 bridgehead atoms. The lowest BCUT2D eigenvalue weighted by Crippen LogP contribution is -1.90. The van der Waals surface area contributed by atoms with E-state index in [1.165, 1.54) is 12.8 Å². The van der Waals surface area contributed by atoms with E-state index in [1.54, 1.807) is 18.2 Å². The summed E-state index contributed by atoms with van der Waals surface area (Å²) in [4.78, 5) is 0.341. The van der Waals surface area contributed by atoms with Gasteiger partial charge in [-0.2, -0.15) is 18.6 Å². The Labute approximate surface area is 329 Å². The number of nitrogens with zero attached hydrogens (tertiary/aromatic N) is 4. The van der Waals surface area contributed by atoms with Crippen molar-refractivity contribution in [2.75, 3.05) is 12.0 Å². The second kappa shape index (κ2) is 26.0. The Morgan fingerprint density at radius 1 is 0.655 bits per heavy atom. The van der Waals surface area contributed by atoms with Crippen LogP contribution in [0.1, 0.15) is 68.2 Å². The second-order valence-electron chi connectivity index (χ2n) is 11.0. The maximum atomic E-state index is 11.3. The van der Waals surface area contributed by atoms with Gasteiger partial charge in [-0.15, -0.1) is 14.6 Å². The molecule has 5 N–H and O–H groups in total. The predicted molar refractivity (Wildman–Crippen MR) is 229 cm³/mol. The lowest BCUT2D eigenvalue weighted by Gasteiger charge is -2.12. The molecule has 0 aliphatic rings. The van der Waals surface area contributed by atoms with E-state index >= 15 is 0 Å². The molecule has 0 aliphatic heterocycles. The van der Waals surface area contributed by atoms with Gasteiger partial charge in [0.15, 0.2) is 5.75 Å². The number of aromatic hydroxyl groups is 1. The molecule has 14 heteroatoms. The fraction of sp³-hybridized carbons (Fsp3) is 0.268. The van der Waals surface area contributed by atoms with Gasteiger partial charge in [-0.3, -0.25) is 4.55 Å². The van der Waals surface area contributed by atoms with Gasteiger partial charge in [0, 0.05) is 0 Å². The second-order valence-corrected chi connectivity index (χ2v) is 13.2. The Kier molecular flexibility index (Phi) is 22.7. The number of azo groups is 2. The highest BCUT2D eigenvalue weighted by Crippen LogP contribution is 2.48. The lowest BCUT2D eigenvalue weighted by molar-refractivity contribution is -0.432. The molecule has 0 fully saturated rings. The quantitative estimate of drug-likeness (QED) is 0.0304.